The highest BCUT2D eigenvalue weighted by Gasteiger charge is 2.33. The fraction of sp³-hybridized carbons (Fsp3) is 0.100. The van der Waals surface area contributed by atoms with Crippen LogP contribution >= 0.6 is 0 Å². The van der Waals surface area contributed by atoms with Crippen LogP contribution < -0.4 is 23.1 Å². The Kier molecular flexibility index (Phi) is 6.88. The maximum absolute atomic E-state index is 8.49. The highest BCUT2D eigenvalue weighted by atomic mass is 35.7. The maximum atomic E-state index is 8.49. The molecule has 3 aromatic rings. The summed E-state index contributed by atoms with van der Waals surface area (Å²) in [5, 5.41) is 0. The van der Waals surface area contributed by atoms with Crippen molar-refractivity contribution in [2.24, 2.45) is 0 Å². The average Bonchev–Trinajstić information content (AvgIpc) is 2.64. The molecule has 3 aromatic carbocycles. The van der Waals surface area contributed by atoms with Gasteiger partial charge in [-0.15, -0.1) is 10.2 Å². The minimum atomic E-state index is -4.94. The van der Waals surface area contributed by atoms with Gasteiger partial charge in [-0.3, -0.25) is 0 Å². The van der Waals surface area contributed by atoms with Gasteiger partial charge >= 0.3 is 0 Å². The molecule has 0 saturated carbocycles. The highest BCUT2D eigenvalue weighted by molar-refractivity contribution is 5.70. The third-order valence-corrected chi connectivity index (χ3v) is 4.07. The first-order chi connectivity index (χ1) is 12.4. The Morgan fingerprint density at radius 2 is 0.808 bits per heavy atom. The van der Waals surface area contributed by atoms with Crippen molar-refractivity contribution in [3.05, 3.63) is 91.0 Å². The predicted octanol–water partition coefficient (Wildman–Crippen LogP) is 0.921. The van der Waals surface area contributed by atoms with Crippen molar-refractivity contribution >= 4 is 17.1 Å². The second-order valence-electron chi connectivity index (χ2n) is 5.51. The summed E-state index contributed by atoms with van der Waals surface area (Å²) in [7, 11) is -4.94. The van der Waals surface area contributed by atoms with E-state index in [0.717, 1.165) is 11.0 Å². The van der Waals surface area contributed by atoms with E-state index in [1.54, 1.807) is 0 Å². The minimum absolute atomic E-state index is 0.739. The van der Waals surface area contributed by atoms with Crippen LogP contribution in [-0.2, 0) is 0 Å². The van der Waals surface area contributed by atoms with Gasteiger partial charge in [0.15, 0.2) is 0 Å². The molecule has 0 fully saturated rings. The Hall–Kier alpha value is -2.25. The van der Waals surface area contributed by atoms with Crippen LogP contribution in [0.25, 0.3) is 0 Å². The van der Waals surface area contributed by atoms with Gasteiger partial charge in [-0.1, -0.05) is 54.6 Å². The number of hydrogen-bond acceptors (Lipinski definition) is 4. The van der Waals surface area contributed by atoms with Crippen molar-refractivity contribution in [1.29, 1.82) is 0 Å². The smallest absolute Gasteiger partial charge is 0.143 e. The molecule has 0 atom stereocenters. The zero-order valence-corrected chi connectivity index (χ0v) is 15.1. The van der Waals surface area contributed by atoms with Crippen LogP contribution in [0.3, 0.4) is 0 Å². The van der Waals surface area contributed by atoms with Gasteiger partial charge in [-0.05, 0) is 43.3 Å². The molecule has 0 bridgehead atoms. The van der Waals surface area contributed by atoms with Crippen molar-refractivity contribution in [1.82, 2.24) is 4.48 Å². The van der Waals surface area contributed by atoms with Crippen LogP contribution in [-0.4, -0.2) is 6.54 Å². The first kappa shape index (κ1) is 20.1. The van der Waals surface area contributed by atoms with Gasteiger partial charge in [-0.25, -0.2) is 23.1 Å². The normalized spacial score (nSPS) is 11.4. The zero-order valence-electron chi connectivity index (χ0n) is 14.3. The van der Waals surface area contributed by atoms with E-state index in [1.165, 1.54) is 17.1 Å². The van der Waals surface area contributed by atoms with Crippen molar-refractivity contribution in [3.8, 4) is 0 Å². The summed E-state index contributed by atoms with van der Waals surface area (Å²) < 4.78 is 34.7. The van der Waals surface area contributed by atoms with Crippen molar-refractivity contribution in [2.75, 3.05) is 6.54 Å². The largest absolute Gasteiger partial charge is 0.227 e. The Morgan fingerprint density at radius 1 is 0.577 bits per heavy atom. The van der Waals surface area contributed by atoms with Crippen LogP contribution in [0.5, 0.6) is 0 Å². The summed E-state index contributed by atoms with van der Waals surface area (Å²) in [5.41, 5.74) is 3.87. The molecule has 136 valence electrons. The number of benzene rings is 3. The summed E-state index contributed by atoms with van der Waals surface area (Å²) in [6, 6.07) is 32.2. The Bertz CT molecular complexity index is 675. The van der Waals surface area contributed by atoms with E-state index in [2.05, 4.69) is 97.9 Å². The van der Waals surface area contributed by atoms with Crippen LogP contribution in [0.2, 0.25) is 0 Å². The summed E-state index contributed by atoms with van der Waals surface area (Å²) in [6.45, 7) is 3.21. The molecule has 0 aliphatic carbocycles. The molecule has 0 N–H and O–H groups in total. The van der Waals surface area contributed by atoms with Gasteiger partial charge in [-0.2, -0.15) is 0 Å². The Labute approximate surface area is 155 Å². The van der Waals surface area contributed by atoms with Gasteiger partial charge in [0.05, 0.1) is 6.54 Å². The minimum Gasteiger partial charge on any atom is -0.227 e. The van der Waals surface area contributed by atoms with E-state index in [-0.39, 0.29) is 0 Å². The van der Waals surface area contributed by atoms with Crippen LogP contribution in [0.4, 0.5) is 17.1 Å². The van der Waals surface area contributed by atoms with E-state index in [9.17, 15) is 0 Å². The molecular formula is C20H20ClNO4. The fourth-order valence-electron chi connectivity index (χ4n) is 3.04. The molecule has 3 rings (SSSR count). The van der Waals surface area contributed by atoms with E-state index >= 15 is 0 Å². The topological polar surface area (TPSA) is 92.2 Å². The number of para-hydroxylation sites is 3. The van der Waals surface area contributed by atoms with E-state index in [0.29, 0.717) is 0 Å². The first-order valence-electron chi connectivity index (χ1n) is 8.04. The van der Waals surface area contributed by atoms with Crippen LogP contribution in [0, 0.1) is 10.2 Å². The lowest BCUT2D eigenvalue weighted by Crippen LogP contribution is -2.68. The summed E-state index contributed by atoms with van der Waals surface area (Å²) in [4.78, 5) is 0. The Balaban J connectivity index is 0.000000431. The molecule has 0 aliphatic heterocycles. The molecule has 0 aliphatic rings. The molecule has 0 amide bonds. The molecular weight excluding hydrogens is 354 g/mol. The molecule has 26 heavy (non-hydrogen) atoms. The van der Waals surface area contributed by atoms with Crippen LogP contribution in [0.15, 0.2) is 91.0 Å². The van der Waals surface area contributed by atoms with Crippen molar-refractivity contribution in [3.63, 3.8) is 0 Å². The van der Waals surface area contributed by atoms with Gasteiger partial charge in [0.1, 0.15) is 17.1 Å². The first-order valence-corrected chi connectivity index (χ1v) is 9.28. The molecule has 6 heteroatoms. The maximum Gasteiger partial charge on any atom is 0.143 e. The second-order valence-corrected chi connectivity index (χ2v) is 6.27. The highest BCUT2D eigenvalue weighted by Crippen LogP contribution is 2.42. The van der Waals surface area contributed by atoms with E-state index in [4.69, 9.17) is 18.6 Å². The van der Waals surface area contributed by atoms with Crippen LogP contribution in [0.1, 0.15) is 6.92 Å². The number of nitrogens with zero attached hydrogens (tertiary/aromatic N) is 1. The predicted molar refractivity (Wildman–Crippen MR) is 91.0 cm³/mol. The lowest BCUT2D eigenvalue weighted by Gasteiger charge is -2.36. The molecule has 0 spiro atoms. The van der Waals surface area contributed by atoms with E-state index in [1.807, 2.05) is 0 Å². The average molecular weight is 374 g/mol. The zero-order chi connectivity index (χ0) is 19.0. The third-order valence-electron chi connectivity index (χ3n) is 4.07. The number of quaternary nitrogens is 1. The van der Waals surface area contributed by atoms with Crippen molar-refractivity contribution < 1.29 is 28.9 Å². The monoisotopic (exact) mass is 373 g/mol. The molecule has 0 radical (unpaired) electrons. The SMILES string of the molecule is CC[N+](c1ccccc1)(c1ccccc1)c1ccccc1.[O-][Cl+3]([O-])([O-])[O-]. The number of halogens is 1. The van der Waals surface area contributed by atoms with Gasteiger partial charge in [0, 0.05) is 0 Å². The lowest BCUT2D eigenvalue weighted by atomic mass is 10.1. The summed E-state index contributed by atoms with van der Waals surface area (Å²) in [5.74, 6) is 0. The molecule has 0 unspecified atom stereocenters. The second kappa shape index (κ2) is 8.91. The van der Waals surface area contributed by atoms with Gasteiger partial charge in [0.2, 0.25) is 0 Å². The van der Waals surface area contributed by atoms with Gasteiger partial charge < -0.3 is 0 Å². The number of rotatable bonds is 4. The molecule has 0 aromatic heterocycles. The summed E-state index contributed by atoms with van der Waals surface area (Å²) in [6.07, 6.45) is 0. The van der Waals surface area contributed by atoms with Crippen molar-refractivity contribution in [2.45, 2.75) is 6.92 Å². The summed E-state index contributed by atoms with van der Waals surface area (Å²) >= 11 is 0. The molecule has 0 saturated heterocycles. The standard InChI is InChI=1S/C20H20N.ClHO4/c1-2-21(18-12-6-3-7-13-18,19-14-8-4-9-15-19)20-16-10-5-11-17-20;2-1(3,4)5/h3-17H,2H2,1H3;(H,2,3,4,5)/q+1;/p-1. The number of hydrogen-bond donors (Lipinski definition) is 0. The Morgan fingerprint density at radius 3 is 1.00 bits per heavy atom. The lowest BCUT2D eigenvalue weighted by molar-refractivity contribution is -2.00. The molecule has 5 nitrogen and oxygen atoms in total. The third kappa shape index (κ3) is 5.12. The van der Waals surface area contributed by atoms with E-state index < -0.39 is 10.2 Å². The molecule has 0 heterocycles. The fourth-order valence-corrected chi connectivity index (χ4v) is 3.04. The quantitative estimate of drug-likeness (QED) is 0.636. The van der Waals surface area contributed by atoms with Gasteiger partial charge in [0.25, 0.3) is 0 Å².